The van der Waals surface area contributed by atoms with Crippen LogP contribution in [0.5, 0.6) is 5.75 Å². The zero-order valence-electron chi connectivity index (χ0n) is 17.2. The minimum atomic E-state index is -0.695. The van der Waals surface area contributed by atoms with Crippen molar-refractivity contribution in [2.24, 2.45) is 0 Å². The van der Waals surface area contributed by atoms with Gasteiger partial charge in [-0.25, -0.2) is 9.18 Å². The molecule has 1 aromatic carbocycles. The van der Waals surface area contributed by atoms with Gasteiger partial charge in [-0.2, -0.15) is 0 Å². The smallest absolute Gasteiger partial charge is 0.343 e. The summed E-state index contributed by atoms with van der Waals surface area (Å²) in [5, 5.41) is 0.139. The number of ether oxygens (including phenoxy) is 2. The van der Waals surface area contributed by atoms with Crippen molar-refractivity contribution in [1.29, 1.82) is 0 Å². The van der Waals surface area contributed by atoms with Crippen LogP contribution in [0.15, 0.2) is 17.1 Å². The zero-order valence-corrected chi connectivity index (χ0v) is 17.2. The minimum Gasteiger partial charge on any atom is -0.487 e. The number of hydrogen-bond acceptors (Lipinski definition) is 6. The average molecular weight is 403 g/mol. The van der Waals surface area contributed by atoms with E-state index in [4.69, 9.17) is 9.47 Å². The van der Waals surface area contributed by atoms with Crippen LogP contribution < -0.4 is 15.1 Å². The third kappa shape index (κ3) is 3.35. The number of aromatic nitrogens is 1. The van der Waals surface area contributed by atoms with E-state index in [1.165, 1.54) is 12.3 Å². The lowest BCUT2D eigenvalue weighted by Crippen LogP contribution is -2.45. The lowest BCUT2D eigenvalue weighted by Gasteiger charge is -2.37. The normalized spacial score (nSPS) is 19.5. The van der Waals surface area contributed by atoms with Gasteiger partial charge in [-0.05, 0) is 33.9 Å². The standard InChI is InChI=1S/C21H26FN3O4/c1-12(2)29-21(27)15-10-25-13(3)11-28-20-17(25)14(19(15)26)9-16(22)18(20)24-7-5-23(4)6-8-24/h9-10,12-13H,5-8,11H2,1-4H3/t13-/m0/s1. The van der Waals surface area contributed by atoms with Crippen molar-refractivity contribution in [2.75, 3.05) is 44.7 Å². The quantitative estimate of drug-likeness (QED) is 0.734. The van der Waals surface area contributed by atoms with Gasteiger partial charge in [0.2, 0.25) is 5.43 Å². The molecule has 1 saturated heterocycles. The monoisotopic (exact) mass is 403 g/mol. The number of carbonyl (C=O) groups is 1. The highest BCUT2D eigenvalue weighted by atomic mass is 19.1. The van der Waals surface area contributed by atoms with Crippen LogP contribution in [0.2, 0.25) is 0 Å². The molecule has 0 unspecified atom stereocenters. The first-order valence-electron chi connectivity index (χ1n) is 9.96. The number of likely N-dealkylation sites (N-methyl/N-ethyl adjacent to an activating group) is 1. The number of piperazine rings is 1. The summed E-state index contributed by atoms with van der Waals surface area (Å²) in [6.45, 7) is 8.69. The number of anilines is 1. The third-order valence-corrected chi connectivity index (χ3v) is 5.52. The Bertz CT molecular complexity index is 1020. The Labute approximate surface area is 168 Å². The number of pyridine rings is 1. The van der Waals surface area contributed by atoms with E-state index in [9.17, 15) is 9.59 Å². The molecule has 2 aliphatic rings. The van der Waals surface area contributed by atoms with Crippen LogP contribution in [0.1, 0.15) is 37.2 Å². The van der Waals surface area contributed by atoms with Crippen LogP contribution in [0.3, 0.4) is 0 Å². The fourth-order valence-corrected chi connectivity index (χ4v) is 3.96. The first-order chi connectivity index (χ1) is 13.8. The highest BCUT2D eigenvalue weighted by Gasteiger charge is 2.31. The summed E-state index contributed by atoms with van der Waals surface area (Å²) in [5.74, 6) is -0.826. The number of esters is 1. The number of carbonyl (C=O) groups excluding carboxylic acids is 1. The molecule has 0 N–H and O–H groups in total. The van der Waals surface area contributed by atoms with Crippen molar-refractivity contribution in [3.8, 4) is 5.75 Å². The molecule has 0 radical (unpaired) electrons. The molecule has 29 heavy (non-hydrogen) atoms. The first kappa shape index (κ1) is 19.7. The highest BCUT2D eigenvalue weighted by molar-refractivity contribution is 5.98. The van der Waals surface area contributed by atoms with Crippen molar-refractivity contribution in [3.63, 3.8) is 0 Å². The van der Waals surface area contributed by atoms with Crippen LogP contribution in [0.25, 0.3) is 10.9 Å². The fourth-order valence-electron chi connectivity index (χ4n) is 3.96. The molecule has 0 bridgehead atoms. The maximum atomic E-state index is 15.2. The van der Waals surface area contributed by atoms with Crippen LogP contribution in [-0.2, 0) is 4.74 Å². The summed E-state index contributed by atoms with van der Waals surface area (Å²) in [6.07, 6.45) is 1.17. The maximum Gasteiger partial charge on any atom is 0.343 e. The zero-order chi connectivity index (χ0) is 20.9. The van der Waals surface area contributed by atoms with Gasteiger partial charge in [0.15, 0.2) is 11.6 Å². The molecular formula is C21H26FN3O4. The molecule has 7 nitrogen and oxygen atoms in total. The topological polar surface area (TPSA) is 64.0 Å². The average Bonchev–Trinajstić information content (AvgIpc) is 2.66. The molecular weight excluding hydrogens is 377 g/mol. The predicted molar refractivity (Wildman–Crippen MR) is 109 cm³/mol. The van der Waals surface area contributed by atoms with Gasteiger partial charge < -0.3 is 23.8 Å². The van der Waals surface area contributed by atoms with Gasteiger partial charge >= 0.3 is 5.97 Å². The van der Waals surface area contributed by atoms with E-state index in [0.29, 0.717) is 36.6 Å². The Hall–Kier alpha value is -2.61. The fraction of sp³-hybridized carbons (Fsp3) is 0.524. The molecule has 3 heterocycles. The molecule has 0 saturated carbocycles. The van der Waals surface area contributed by atoms with Crippen molar-refractivity contribution in [1.82, 2.24) is 9.47 Å². The van der Waals surface area contributed by atoms with Gasteiger partial charge in [-0.1, -0.05) is 0 Å². The number of halogens is 1. The second-order valence-electron chi connectivity index (χ2n) is 8.12. The molecule has 1 fully saturated rings. The minimum absolute atomic E-state index is 0.0855. The molecule has 156 valence electrons. The van der Waals surface area contributed by atoms with Crippen LogP contribution in [0, 0.1) is 5.82 Å². The number of hydrogen-bond donors (Lipinski definition) is 0. The maximum absolute atomic E-state index is 15.2. The molecule has 0 aliphatic carbocycles. The van der Waals surface area contributed by atoms with Crippen molar-refractivity contribution < 1.29 is 18.7 Å². The van der Waals surface area contributed by atoms with Crippen LogP contribution in [-0.4, -0.2) is 61.4 Å². The summed E-state index contributed by atoms with van der Waals surface area (Å²) in [5.41, 5.74) is 0.302. The van der Waals surface area contributed by atoms with E-state index >= 15 is 4.39 Å². The molecule has 2 aromatic rings. The Morgan fingerprint density at radius 2 is 1.97 bits per heavy atom. The van der Waals surface area contributed by atoms with Gasteiger partial charge in [0.05, 0.1) is 23.0 Å². The van der Waals surface area contributed by atoms with Gasteiger partial charge in [0.1, 0.15) is 17.9 Å². The van der Waals surface area contributed by atoms with E-state index in [0.717, 1.165) is 13.1 Å². The summed E-state index contributed by atoms with van der Waals surface area (Å²) in [6, 6.07) is 1.13. The summed E-state index contributed by atoms with van der Waals surface area (Å²) in [4.78, 5) is 29.6. The van der Waals surface area contributed by atoms with Crippen LogP contribution >= 0.6 is 0 Å². The van der Waals surface area contributed by atoms with E-state index < -0.39 is 17.2 Å². The summed E-state index contributed by atoms with van der Waals surface area (Å²) >= 11 is 0. The Morgan fingerprint density at radius 1 is 1.28 bits per heavy atom. The predicted octanol–water partition coefficient (Wildman–Crippen LogP) is 2.41. The summed E-state index contributed by atoms with van der Waals surface area (Å²) in [7, 11) is 2.03. The second kappa shape index (κ2) is 7.33. The summed E-state index contributed by atoms with van der Waals surface area (Å²) < 4.78 is 28.2. The van der Waals surface area contributed by atoms with E-state index in [1.54, 1.807) is 13.8 Å². The lowest BCUT2D eigenvalue weighted by molar-refractivity contribution is 0.0375. The molecule has 0 spiro atoms. The Morgan fingerprint density at radius 3 is 2.62 bits per heavy atom. The van der Waals surface area contributed by atoms with Gasteiger partial charge in [-0.3, -0.25) is 4.79 Å². The first-order valence-corrected chi connectivity index (χ1v) is 9.96. The highest BCUT2D eigenvalue weighted by Crippen LogP contribution is 2.42. The Kier molecular flexibility index (Phi) is 4.98. The van der Waals surface area contributed by atoms with E-state index in [2.05, 4.69) is 4.90 Å². The van der Waals surface area contributed by atoms with Crippen molar-refractivity contribution in [2.45, 2.75) is 32.9 Å². The molecule has 8 heteroatoms. The largest absolute Gasteiger partial charge is 0.487 e. The van der Waals surface area contributed by atoms with Crippen LogP contribution in [0.4, 0.5) is 10.1 Å². The molecule has 1 atom stereocenters. The van der Waals surface area contributed by atoms with Crippen molar-refractivity contribution in [3.05, 3.63) is 33.9 Å². The van der Waals surface area contributed by atoms with Crippen molar-refractivity contribution >= 4 is 22.6 Å². The van der Waals surface area contributed by atoms with Gasteiger partial charge in [0, 0.05) is 32.4 Å². The number of nitrogens with zero attached hydrogens (tertiary/aromatic N) is 3. The van der Waals surface area contributed by atoms with Gasteiger partial charge in [-0.15, -0.1) is 0 Å². The second-order valence-corrected chi connectivity index (χ2v) is 8.12. The lowest BCUT2D eigenvalue weighted by atomic mass is 10.1. The van der Waals surface area contributed by atoms with Gasteiger partial charge in [0.25, 0.3) is 0 Å². The molecule has 1 aromatic heterocycles. The van der Waals surface area contributed by atoms with E-state index in [1.807, 2.05) is 23.4 Å². The number of benzene rings is 1. The molecule has 0 amide bonds. The molecule has 4 rings (SSSR count). The number of rotatable bonds is 3. The Balaban J connectivity index is 1.93. The van der Waals surface area contributed by atoms with E-state index in [-0.39, 0.29) is 23.1 Å². The third-order valence-electron chi connectivity index (χ3n) is 5.52. The molecule has 2 aliphatic heterocycles. The SMILES string of the molecule is CC(C)OC(=O)c1cn2c3c(c(N4CCN(C)CC4)c(F)cc3c1=O)OC[C@@H]2C.